The average Bonchev–Trinajstić information content (AvgIpc) is 3.48. The molecule has 504 valence electrons. The van der Waals surface area contributed by atoms with Crippen LogP contribution < -0.4 is 0 Å². The van der Waals surface area contributed by atoms with Crippen LogP contribution in [0.25, 0.3) is 0 Å². The molecule has 0 spiro atoms. The number of carbonyl (C=O) groups is 4. The van der Waals surface area contributed by atoms with E-state index >= 15 is 0 Å². The van der Waals surface area contributed by atoms with Crippen molar-refractivity contribution in [3.8, 4) is 0 Å². The van der Waals surface area contributed by atoms with E-state index in [9.17, 15) is 43.2 Å². The van der Waals surface area contributed by atoms with Crippen molar-refractivity contribution in [3.05, 3.63) is 0 Å². The summed E-state index contributed by atoms with van der Waals surface area (Å²) >= 11 is 0. The van der Waals surface area contributed by atoms with Crippen molar-refractivity contribution >= 4 is 39.5 Å². The van der Waals surface area contributed by atoms with E-state index in [2.05, 4.69) is 55.4 Å². The van der Waals surface area contributed by atoms with Gasteiger partial charge in [-0.3, -0.25) is 37.3 Å². The summed E-state index contributed by atoms with van der Waals surface area (Å²) in [5.74, 6) is 0.762. The molecule has 0 amide bonds. The molecule has 0 aliphatic carbocycles. The molecule has 0 aromatic carbocycles. The lowest BCUT2D eigenvalue weighted by molar-refractivity contribution is -0.161. The third kappa shape index (κ3) is 59.5. The normalized spacial score (nSPS) is 14.7. The first kappa shape index (κ1) is 83.1. The Morgan fingerprint density at radius 2 is 0.565 bits per heavy atom. The predicted molar refractivity (Wildman–Crippen MR) is 340 cm³/mol. The minimum Gasteiger partial charge on any atom is -0.462 e. The standard InChI is InChI=1S/C66H128O17P2/c1-9-59(8)45-37-29-24-25-33-41-49-66(71)83-62(53-77-64(69)47-39-31-22-16-19-27-35-43-57(4)5)55-81-85(74,75)79-51-60(67)50-78-84(72,73)80-54-61(82-65(70)48-40-32-23-17-20-28-36-44-58(6)7)52-76-63(68)46-38-30-21-15-13-11-10-12-14-18-26-34-42-56(2)3/h56-62,67H,9-55H2,1-8H3,(H,72,73)(H,74,75)/t59?,60?,61-,62-/m1/s1. The van der Waals surface area contributed by atoms with Gasteiger partial charge in [-0.25, -0.2) is 9.13 Å². The molecular formula is C66H128O17P2. The molecule has 0 aromatic rings. The molecule has 85 heavy (non-hydrogen) atoms. The van der Waals surface area contributed by atoms with Gasteiger partial charge in [-0.2, -0.15) is 0 Å². The van der Waals surface area contributed by atoms with Crippen LogP contribution in [0.4, 0.5) is 0 Å². The predicted octanol–water partition coefficient (Wildman–Crippen LogP) is 18.1. The first-order valence-corrected chi connectivity index (χ1v) is 37.2. The Balaban J connectivity index is 5.22. The fourth-order valence-corrected chi connectivity index (χ4v) is 11.3. The monoisotopic (exact) mass is 1250 g/mol. The number of esters is 4. The van der Waals surface area contributed by atoms with Crippen LogP contribution in [-0.4, -0.2) is 96.7 Å². The molecule has 0 bridgehead atoms. The van der Waals surface area contributed by atoms with E-state index in [1.54, 1.807) is 0 Å². The van der Waals surface area contributed by atoms with Gasteiger partial charge in [0.25, 0.3) is 0 Å². The highest BCUT2D eigenvalue weighted by molar-refractivity contribution is 7.47. The van der Waals surface area contributed by atoms with Crippen LogP contribution >= 0.6 is 15.6 Å². The van der Waals surface area contributed by atoms with Gasteiger partial charge < -0.3 is 33.8 Å². The SMILES string of the molecule is CCC(C)CCCCCCCCC(=O)O[C@H](COC(=O)CCCCCCCCCC(C)C)COP(=O)(O)OCC(O)COP(=O)(O)OC[C@@H](COC(=O)CCCCCCCCCCCCCCC(C)C)OC(=O)CCCCCCCCCC(C)C. The topological polar surface area (TPSA) is 237 Å². The molecule has 0 aliphatic heterocycles. The van der Waals surface area contributed by atoms with Crippen LogP contribution in [0.3, 0.4) is 0 Å². The Labute approximate surface area is 517 Å². The van der Waals surface area contributed by atoms with Crippen molar-refractivity contribution in [2.45, 2.75) is 337 Å². The van der Waals surface area contributed by atoms with E-state index in [1.165, 1.54) is 116 Å². The average molecular weight is 1260 g/mol. The molecule has 3 N–H and O–H groups in total. The first-order chi connectivity index (χ1) is 40.6. The Hall–Kier alpha value is -1.94. The maximum atomic E-state index is 13.0. The van der Waals surface area contributed by atoms with E-state index in [1.807, 2.05) is 0 Å². The molecule has 0 saturated carbocycles. The second-order valence-corrected chi connectivity index (χ2v) is 28.4. The van der Waals surface area contributed by atoms with Gasteiger partial charge in [0.15, 0.2) is 12.2 Å². The summed E-state index contributed by atoms with van der Waals surface area (Å²) < 4.78 is 68.0. The molecule has 0 rings (SSSR count). The minimum atomic E-state index is -4.95. The second kappa shape index (κ2) is 56.1. The van der Waals surface area contributed by atoms with Crippen LogP contribution in [0.5, 0.6) is 0 Å². The maximum absolute atomic E-state index is 13.0. The van der Waals surface area contributed by atoms with Crippen molar-refractivity contribution in [1.29, 1.82) is 0 Å². The fraction of sp³-hybridized carbons (Fsp3) is 0.939. The van der Waals surface area contributed by atoms with Gasteiger partial charge in [0.2, 0.25) is 0 Å². The Kier molecular flexibility index (Phi) is 54.8. The molecule has 0 heterocycles. The zero-order chi connectivity index (χ0) is 63.2. The number of aliphatic hydroxyl groups excluding tert-OH is 1. The van der Waals surface area contributed by atoms with Crippen LogP contribution in [0.2, 0.25) is 0 Å². The van der Waals surface area contributed by atoms with E-state index < -0.39 is 97.5 Å². The van der Waals surface area contributed by atoms with Gasteiger partial charge in [-0.15, -0.1) is 0 Å². The summed E-state index contributed by atoms with van der Waals surface area (Å²) in [4.78, 5) is 72.3. The third-order valence-corrected chi connectivity index (χ3v) is 17.3. The lowest BCUT2D eigenvalue weighted by Gasteiger charge is -2.21. The summed E-state index contributed by atoms with van der Waals surface area (Å²) in [6.07, 6.45) is 36.4. The number of aliphatic hydroxyl groups is 1. The lowest BCUT2D eigenvalue weighted by atomic mass is 10.00. The Morgan fingerprint density at radius 1 is 0.329 bits per heavy atom. The number of phosphoric ester groups is 2. The van der Waals surface area contributed by atoms with Crippen LogP contribution in [0.15, 0.2) is 0 Å². The Bertz CT molecular complexity index is 1700. The largest absolute Gasteiger partial charge is 0.472 e. The number of phosphoric acid groups is 2. The van der Waals surface area contributed by atoms with Crippen LogP contribution in [0, 0.1) is 23.7 Å². The molecule has 17 nitrogen and oxygen atoms in total. The summed E-state index contributed by atoms with van der Waals surface area (Å²) in [5.41, 5.74) is 0. The van der Waals surface area contributed by atoms with Gasteiger partial charge >= 0.3 is 39.5 Å². The van der Waals surface area contributed by atoms with Crippen LogP contribution in [0.1, 0.15) is 319 Å². The molecule has 6 atom stereocenters. The summed E-state index contributed by atoms with van der Waals surface area (Å²) in [5, 5.41) is 10.5. The van der Waals surface area contributed by atoms with Crippen molar-refractivity contribution in [2.75, 3.05) is 39.6 Å². The molecule has 0 aromatic heterocycles. The molecule has 4 unspecified atom stereocenters. The third-order valence-electron chi connectivity index (χ3n) is 15.4. The number of carbonyl (C=O) groups excluding carboxylic acids is 4. The summed E-state index contributed by atoms with van der Waals surface area (Å²) in [7, 11) is -9.89. The number of hydrogen-bond acceptors (Lipinski definition) is 15. The van der Waals surface area contributed by atoms with Gasteiger partial charge in [0.05, 0.1) is 26.4 Å². The van der Waals surface area contributed by atoms with E-state index in [4.69, 9.17) is 37.0 Å². The number of rotatable bonds is 63. The molecular weight excluding hydrogens is 1130 g/mol. The number of ether oxygens (including phenoxy) is 4. The first-order valence-electron chi connectivity index (χ1n) is 34.2. The summed E-state index contributed by atoms with van der Waals surface area (Å²) in [6.45, 7) is 14.0. The minimum absolute atomic E-state index is 0.101. The zero-order valence-electron chi connectivity index (χ0n) is 55.2. The highest BCUT2D eigenvalue weighted by Gasteiger charge is 2.30. The zero-order valence-corrected chi connectivity index (χ0v) is 57.0. The van der Waals surface area contributed by atoms with E-state index in [0.29, 0.717) is 37.5 Å². The maximum Gasteiger partial charge on any atom is 0.472 e. The lowest BCUT2D eigenvalue weighted by Crippen LogP contribution is -2.30. The number of hydrogen-bond donors (Lipinski definition) is 3. The van der Waals surface area contributed by atoms with E-state index in [0.717, 1.165) is 108 Å². The molecule has 0 aliphatic rings. The fourth-order valence-electron chi connectivity index (χ4n) is 9.75. The van der Waals surface area contributed by atoms with Gasteiger partial charge in [-0.1, -0.05) is 267 Å². The smallest absolute Gasteiger partial charge is 0.462 e. The van der Waals surface area contributed by atoms with Gasteiger partial charge in [-0.05, 0) is 49.4 Å². The van der Waals surface area contributed by atoms with Crippen LogP contribution in [-0.2, 0) is 65.4 Å². The Morgan fingerprint density at radius 3 is 0.835 bits per heavy atom. The quantitative estimate of drug-likeness (QED) is 0.0222. The van der Waals surface area contributed by atoms with Gasteiger partial charge in [0.1, 0.15) is 19.3 Å². The molecule has 0 radical (unpaired) electrons. The molecule has 19 heteroatoms. The molecule has 0 saturated heterocycles. The molecule has 0 fully saturated rings. The van der Waals surface area contributed by atoms with Crippen molar-refractivity contribution in [1.82, 2.24) is 0 Å². The highest BCUT2D eigenvalue weighted by atomic mass is 31.2. The van der Waals surface area contributed by atoms with E-state index in [-0.39, 0.29) is 25.7 Å². The number of unbranched alkanes of at least 4 members (excludes halogenated alkanes) is 28. The second-order valence-electron chi connectivity index (χ2n) is 25.5. The summed E-state index contributed by atoms with van der Waals surface area (Å²) in [6, 6.07) is 0. The van der Waals surface area contributed by atoms with Crippen molar-refractivity contribution in [3.63, 3.8) is 0 Å². The van der Waals surface area contributed by atoms with Gasteiger partial charge in [0, 0.05) is 25.7 Å². The van der Waals surface area contributed by atoms with Crippen molar-refractivity contribution < 1.29 is 80.2 Å². The van der Waals surface area contributed by atoms with Crippen molar-refractivity contribution in [2.24, 2.45) is 23.7 Å². The highest BCUT2D eigenvalue weighted by Crippen LogP contribution is 2.45.